The molecule has 5 rings (SSSR count). The average molecular weight is 409 g/mol. The molecule has 1 aromatic carbocycles. The molecule has 0 amide bonds. The molecule has 1 aliphatic heterocycles. The molecule has 1 aromatic heterocycles. The minimum Gasteiger partial charge on any atom is -0.326 e. The smallest absolute Gasteiger partial charge is 0.0779 e. The second-order valence-electron chi connectivity index (χ2n) is 8.35. The summed E-state index contributed by atoms with van der Waals surface area (Å²) in [5.74, 6) is 0. The van der Waals surface area contributed by atoms with Crippen molar-refractivity contribution < 1.29 is 0 Å². The van der Waals surface area contributed by atoms with Crippen LogP contribution < -0.4 is 21.7 Å². The van der Waals surface area contributed by atoms with E-state index < -0.39 is 0 Å². The van der Waals surface area contributed by atoms with Gasteiger partial charge in [0.05, 0.1) is 11.7 Å². The number of hydrogen-bond acceptors (Lipinski definition) is 6. The van der Waals surface area contributed by atoms with Crippen LogP contribution in [0.25, 0.3) is 0 Å². The van der Waals surface area contributed by atoms with Gasteiger partial charge in [-0.2, -0.15) is 0 Å². The monoisotopic (exact) mass is 408 g/mol. The fourth-order valence-corrected chi connectivity index (χ4v) is 4.64. The van der Waals surface area contributed by atoms with Crippen molar-refractivity contribution in [3.8, 4) is 0 Å². The first-order valence-corrected chi connectivity index (χ1v) is 11.5. The molecule has 3 aliphatic rings. The third kappa shape index (κ3) is 5.25. The fourth-order valence-electron chi connectivity index (χ4n) is 4.64. The number of nitrogens with one attached hydrogen (secondary N) is 3. The fraction of sp³-hybridized carbons (Fsp3) is 0.542. The zero-order valence-corrected chi connectivity index (χ0v) is 18.0. The Labute approximate surface area is 180 Å². The van der Waals surface area contributed by atoms with Gasteiger partial charge in [0, 0.05) is 45.5 Å². The second kappa shape index (κ2) is 11.0. The summed E-state index contributed by atoms with van der Waals surface area (Å²) < 4.78 is 0. The molecule has 1 atom stereocenters. The number of nitrogens with zero attached hydrogens (tertiary/aromatic N) is 2. The van der Waals surface area contributed by atoms with E-state index in [4.69, 9.17) is 10.7 Å². The standard InChI is InChI=1S/C24H36N6/c25-18-21-7-11-29-23-22(21)17-19-3-5-20(6-4-19)24(23)30-15-2-10-27-13-12-26-8-1-9-28-14-16-30/h3-7,11,24,26-28H,1-2,8-10,12-18,25H2. The molecule has 1 saturated heterocycles. The van der Waals surface area contributed by atoms with Gasteiger partial charge in [-0.05, 0) is 67.2 Å². The Morgan fingerprint density at radius 1 is 0.867 bits per heavy atom. The molecule has 5 N–H and O–H groups in total. The minimum absolute atomic E-state index is 0.178. The van der Waals surface area contributed by atoms with Crippen LogP contribution in [0.5, 0.6) is 0 Å². The molecule has 162 valence electrons. The van der Waals surface area contributed by atoms with E-state index in [1.54, 1.807) is 0 Å². The largest absolute Gasteiger partial charge is 0.326 e. The molecule has 2 heterocycles. The molecule has 0 saturated carbocycles. The minimum atomic E-state index is 0.178. The first kappa shape index (κ1) is 21.4. The van der Waals surface area contributed by atoms with E-state index in [1.165, 1.54) is 27.9 Å². The van der Waals surface area contributed by atoms with Crippen LogP contribution >= 0.6 is 0 Å². The summed E-state index contributed by atoms with van der Waals surface area (Å²) in [6.07, 6.45) is 5.14. The molecular weight excluding hydrogens is 372 g/mol. The highest BCUT2D eigenvalue weighted by Gasteiger charge is 2.28. The van der Waals surface area contributed by atoms with Gasteiger partial charge in [-0.25, -0.2) is 0 Å². The number of aromatic nitrogens is 1. The predicted octanol–water partition coefficient (Wildman–Crippen LogP) is 1.40. The Bertz CT molecular complexity index is 777. The Hall–Kier alpha value is -1.83. The van der Waals surface area contributed by atoms with Crippen LogP contribution in [-0.4, -0.2) is 62.2 Å². The van der Waals surface area contributed by atoms with Gasteiger partial charge in [0.25, 0.3) is 0 Å². The molecule has 0 spiro atoms. The van der Waals surface area contributed by atoms with Crippen LogP contribution in [0, 0.1) is 0 Å². The van der Waals surface area contributed by atoms with Gasteiger partial charge in [0.1, 0.15) is 0 Å². The Balaban J connectivity index is 1.62. The SMILES string of the molecule is NCc1ccnc2c1Cc1ccc(cc1)C2N1CCCNCCNCCCNCC1. The van der Waals surface area contributed by atoms with Gasteiger partial charge in [-0.15, -0.1) is 0 Å². The molecule has 1 fully saturated rings. The highest BCUT2D eigenvalue weighted by molar-refractivity contribution is 5.44. The number of nitrogens with two attached hydrogens (primary N) is 1. The van der Waals surface area contributed by atoms with Crippen molar-refractivity contribution in [3.05, 3.63) is 64.5 Å². The van der Waals surface area contributed by atoms with Crippen molar-refractivity contribution in [3.63, 3.8) is 0 Å². The maximum Gasteiger partial charge on any atom is 0.0779 e. The number of benzene rings is 1. The van der Waals surface area contributed by atoms with Crippen molar-refractivity contribution in [2.45, 2.75) is 31.8 Å². The van der Waals surface area contributed by atoms with Crippen LogP contribution in [0.3, 0.4) is 0 Å². The van der Waals surface area contributed by atoms with Gasteiger partial charge >= 0.3 is 0 Å². The lowest BCUT2D eigenvalue weighted by atomic mass is 9.87. The number of fused-ring (bicyclic) bond motifs is 2. The summed E-state index contributed by atoms with van der Waals surface area (Å²) in [5, 5.41) is 10.7. The Morgan fingerprint density at radius 3 is 2.37 bits per heavy atom. The van der Waals surface area contributed by atoms with Crippen molar-refractivity contribution in [2.24, 2.45) is 5.73 Å². The highest BCUT2D eigenvalue weighted by Crippen LogP contribution is 2.34. The van der Waals surface area contributed by atoms with Gasteiger partial charge in [0.15, 0.2) is 0 Å². The van der Waals surface area contributed by atoms with Crippen molar-refractivity contribution >= 4 is 0 Å². The summed E-state index contributed by atoms with van der Waals surface area (Å²) >= 11 is 0. The normalized spacial score (nSPS) is 22.0. The van der Waals surface area contributed by atoms with E-state index in [2.05, 4.69) is 51.2 Å². The summed E-state index contributed by atoms with van der Waals surface area (Å²) in [6, 6.07) is 11.4. The van der Waals surface area contributed by atoms with Crippen LogP contribution in [0.2, 0.25) is 0 Å². The van der Waals surface area contributed by atoms with E-state index in [0.29, 0.717) is 6.54 Å². The lowest BCUT2D eigenvalue weighted by Gasteiger charge is -2.35. The quantitative estimate of drug-likeness (QED) is 0.602. The molecule has 2 aliphatic carbocycles. The van der Waals surface area contributed by atoms with Crippen LogP contribution in [-0.2, 0) is 13.0 Å². The van der Waals surface area contributed by atoms with Crippen LogP contribution in [0.4, 0.5) is 0 Å². The second-order valence-corrected chi connectivity index (χ2v) is 8.35. The highest BCUT2D eigenvalue weighted by atomic mass is 15.2. The number of rotatable bonds is 2. The maximum absolute atomic E-state index is 6.11. The van der Waals surface area contributed by atoms with Gasteiger partial charge in [0.2, 0.25) is 0 Å². The summed E-state index contributed by atoms with van der Waals surface area (Å²) in [5.41, 5.74) is 12.5. The third-order valence-electron chi connectivity index (χ3n) is 6.27. The number of pyridine rings is 1. The third-order valence-corrected chi connectivity index (χ3v) is 6.27. The molecule has 2 bridgehead atoms. The molecule has 1 unspecified atom stereocenters. The molecular formula is C24H36N6. The lowest BCUT2D eigenvalue weighted by Crippen LogP contribution is -2.40. The van der Waals surface area contributed by atoms with Gasteiger partial charge < -0.3 is 21.7 Å². The summed E-state index contributed by atoms with van der Waals surface area (Å²) in [7, 11) is 0. The van der Waals surface area contributed by atoms with Crippen LogP contribution in [0.15, 0.2) is 36.5 Å². The topological polar surface area (TPSA) is 78.2 Å². The van der Waals surface area contributed by atoms with E-state index in [0.717, 1.165) is 71.6 Å². The molecule has 0 radical (unpaired) electrons. The van der Waals surface area contributed by atoms with E-state index in [9.17, 15) is 0 Å². The average Bonchev–Trinajstić information content (AvgIpc) is 2.76. The Morgan fingerprint density at radius 2 is 1.60 bits per heavy atom. The summed E-state index contributed by atoms with van der Waals surface area (Å²) in [6.45, 7) is 8.85. The summed E-state index contributed by atoms with van der Waals surface area (Å²) in [4.78, 5) is 7.53. The maximum atomic E-state index is 6.11. The molecule has 2 aromatic rings. The van der Waals surface area contributed by atoms with Crippen molar-refractivity contribution in [2.75, 3.05) is 52.4 Å². The molecule has 6 heteroatoms. The van der Waals surface area contributed by atoms with Crippen molar-refractivity contribution in [1.29, 1.82) is 0 Å². The zero-order valence-electron chi connectivity index (χ0n) is 18.0. The first-order valence-electron chi connectivity index (χ1n) is 11.5. The predicted molar refractivity (Wildman–Crippen MR) is 123 cm³/mol. The first-order chi connectivity index (χ1) is 14.9. The van der Waals surface area contributed by atoms with Gasteiger partial charge in [-0.3, -0.25) is 9.88 Å². The zero-order chi connectivity index (χ0) is 20.6. The van der Waals surface area contributed by atoms with E-state index >= 15 is 0 Å². The van der Waals surface area contributed by atoms with Crippen LogP contribution in [0.1, 0.15) is 46.8 Å². The Kier molecular flexibility index (Phi) is 7.83. The van der Waals surface area contributed by atoms with E-state index in [-0.39, 0.29) is 6.04 Å². The number of hydrogen-bond donors (Lipinski definition) is 4. The van der Waals surface area contributed by atoms with E-state index in [1.807, 2.05) is 6.20 Å². The lowest BCUT2D eigenvalue weighted by molar-refractivity contribution is 0.217. The molecule has 30 heavy (non-hydrogen) atoms. The van der Waals surface area contributed by atoms with Crippen molar-refractivity contribution in [1.82, 2.24) is 25.8 Å². The molecule has 6 nitrogen and oxygen atoms in total. The van der Waals surface area contributed by atoms with Gasteiger partial charge in [-0.1, -0.05) is 24.3 Å².